The summed E-state index contributed by atoms with van der Waals surface area (Å²) in [7, 11) is 0. The lowest BCUT2D eigenvalue weighted by atomic mass is 9.83. The van der Waals surface area contributed by atoms with Crippen LogP contribution in [0.25, 0.3) is 0 Å². The van der Waals surface area contributed by atoms with Crippen LogP contribution in [-0.2, 0) is 11.2 Å². The monoisotopic (exact) mass is 348 g/mol. The van der Waals surface area contributed by atoms with Gasteiger partial charge in [-0.1, -0.05) is 54.4 Å². The summed E-state index contributed by atoms with van der Waals surface area (Å²) in [5.41, 5.74) is 0.823. The molecule has 0 aliphatic carbocycles. The summed E-state index contributed by atoms with van der Waals surface area (Å²) >= 11 is 9.56. The summed E-state index contributed by atoms with van der Waals surface area (Å²) in [4.78, 5) is 0. The van der Waals surface area contributed by atoms with Crippen molar-refractivity contribution in [2.24, 2.45) is 5.41 Å². The summed E-state index contributed by atoms with van der Waals surface area (Å²) < 4.78 is 6.64. The second kappa shape index (κ2) is 7.07. The normalized spacial score (nSPS) is 15.3. The fourth-order valence-corrected chi connectivity index (χ4v) is 2.89. The summed E-state index contributed by atoms with van der Waals surface area (Å²) in [5.74, 6) is 0. The van der Waals surface area contributed by atoms with Crippen molar-refractivity contribution in [1.29, 1.82) is 0 Å². The first-order valence-electron chi connectivity index (χ1n) is 6.49. The molecule has 1 N–H and O–H groups in total. The number of aliphatic hydroxyl groups is 1. The number of rotatable bonds is 5. The van der Waals surface area contributed by atoms with E-state index in [2.05, 4.69) is 36.7 Å². The molecule has 0 aromatic heterocycles. The Balaban J connectivity index is 2.84. The molecule has 1 rings (SSSR count). The number of aliphatic hydroxyl groups excluding tert-OH is 1. The highest BCUT2D eigenvalue weighted by molar-refractivity contribution is 9.10. The van der Waals surface area contributed by atoms with Gasteiger partial charge < -0.3 is 9.84 Å². The lowest BCUT2D eigenvalue weighted by Gasteiger charge is -2.34. The molecule has 19 heavy (non-hydrogen) atoms. The summed E-state index contributed by atoms with van der Waals surface area (Å²) in [6.45, 7) is 8.74. The van der Waals surface area contributed by atoms with Gasteiger partial charge in [0.15, 0.2) is 0 Å². The quantitative estimate of drug-likeness (QED) is 0.850. The average molecular weight is 350 g/mol. The third kappa shape index (κ3) is 5.07. The standard InChI is InChI=1S/C15H22BrClO2/c1-5-19-14(15(2,3)4)13(18)8-10-6-7-11(16)9-12(10)17/h6-7,9,13-14,18H,5,8H2,1-4H3. The molecule has 2 nitrogen and oxygen atoms in total. The van der Waals surface area contributed by atoms with Crippen molar-refractivity contribution >= 4 is 27.5 Å². The van der Waals surface area contributed by atoms with Gasteiger partial charge in [0.1, 0.15) is 0 Å². The number of ether oxygens (including phenoxy) is 1. The maximum absolute atomic E-state index is 10.4. The third-order valence-electron chi connectivity index (χ3n) is 2.99. The van der Waals surface area contributed by atoms with Gasteiger partial charge in [-0.25, -0.2) is 0 Å². The second-order valence-electron chi connectivity index (χ2n) is 5.75. The van der Waals surface area contributed by atoms with Crippen LogP contribution >= 0.6 is 27.5 Å². The zero-order chi connectivity index (χ0) is 14.6. The van der Waals surface area contributed by atoms with Gasteiger partial charge in [-0.15, -0.1) is 0 Å². The molecule has 2 unspecified atom stereocenters. The van der Waals surface area contributed by atoms with Crippen molar-refractivity contribution < 1.29 is 9.84 Å². The number of hydrogen-bond donors (Lipinski definition) is 1. The molecule has 0 fully saturated rings. The molecule has 0 spiro atoms. The molecule has 0 radical (unpaired) electrons. The average Bonchev–Trinajstić information content (AvgIpc) is 2.28. The highest BCUT2D eigenvalue weighted by atomic mass is 79.9. The van der Waals surface area contributed by atoms with Crippen LogP contribution in [-0.4, -0.2) is 23.9 Å². The van der Waals surface area contributed by atoms with Crippen LogP contribution in [0.5, 0.6) is 0 Å². The van der Waals surface area contributed by atoms with E-state index in [1.165, 1.54) is 0 Å². The molecule has 108 valence electrons. The molecule has 0 saturated carbocycles. The fraction of sp³-hybridized carbons (Fsp3) is 0.600. The highest BCUT2D eigenvalue weighted by Crippen LogP contribution is 2.29. The lowest BCUT2D eigenvalue weighted by Crippen LogP contribution is -2.41. The lowest BCUT2D eigenvalue weighted by molar-refractivity contribution is -0.0873. The van der Waals surface area contributed by atoms with Crippen molar-refractivity contribution in [1.82, 2.24) is 0 Å². The SMILES string of the molecule is CCOC(C(O)Cc1ccc(Br)cc1Cl)C(C)(C)C. The molecule has 0 aliphatic rings. The molecule has 1 aromatic rings. The minimum Gasteiger partial charge on any atom is -0.390 e. The Morgan fingerprint density at radius 2 is 2.00 bits per heavy atom. The van der Waals surface area contributed by atoms with Crippen LogP contribution in [0.2, 0.25) is 5.02 Å². The minimum absolute atomic E-state index is 0.114. The maximum Gasteiger partial charge on any atom is 0.0885 e. The smallest absolute Gasteiger partial charge is 0.0885 e. The Bertz CT molecular complexity index is 415. The number of benzene rings is 1. The summed E-state index contributed by atoms with van der Waals surface area (Å²) in [6, 6.07) is 5.71. The maximum atomic E-state index is 10.4. The topological polar surface area (TPSA) is 29.5 Å². The van der Waals surface area contributed by atoms with Gasteiger partial charge in [-0.05, 0) is 30.0 Å². The summed E-state index contributed by atoms with van der Waals surface area (Å²) in [6.07, 6.45) is -0.288. The van der Waals surface area contributed by atoms with Crippen molar-refractivity contribution in [3.8, 4) is 0 Å². The first-order chi connectivity index (χ1) is 8.75. The van der Waals surface area contributed by atoms with E-state index in [4.69, 9.17) is 16.3 Å². The van der Waals surface area contributed by atoms with E-state index in [0.29, 0.717) is 18.1 Å². The summed E-state index contributed by atoms with van der Waals surface area (Å²) in [5, 5.41) is 11.1. The minimum atomic E-state index is -0.571. The van der Waals surface area contributed by atoms with Crippen LogP contribution in [0, 0.1) is 5.41 Å². The van der Waals surface area contributed by atoms with Crippen LogP contribution in [0.4, 0.5) is 0 Å². The van der Waals surface area contributed by atoms with E-state index in [0.717, 1.165) is 10.0 Å². The van der Waals surface area contributed by atoms with Gasteiger partial charge in [0.2, 0.25) is 0 Å². The van der Waals surface area contributed by atoms with Gasteiger partial charge in [-0.3, -0.25) is 0 Å². The molecular formula is C15H22BrClO2. The largest absolute Gasteiger partial charge is 0.390 e. The van der Waals surface area contributed by atoms with E-state index in [9.17, 15) is 5.11 Å². The fourth-order valence-electron chi connectivity index (χ4n) is 2.14. The van der Waals surface area contributed by atoms with Gasteiger partial charge in [0.25, 0.3) is 0 Å². The van der Waals surface area contributed by atoms with Crippen molar-refractivity contribution in [2.75, 3.05) is 6.61 Å². The Morgan fingerprint density at radius 3 is 2.47 bits per heavy atom. The van der Waals surface area contributed by atoms with Crippen LogP contribution in [0.3, 0.4) is 0 Å². The molecule has 1 aromatic carbocycles. The second-order valence-corrected chi connectivity index (χ2v) is 7.07. The first kappa shape index (κ1) is 17.0. The third-order valence-corrected chi connectivity index (χ3v) is 3.84. The zero-order valence-electron chi connectivity index (χ0n) is 11.9. The van der Waals surface area contributed by atoms with Gasteiger partial charge in [0.05, 0.1) is 12.2 Å². The molecule has 0 heterocycles. The Labute approximate surface area is 129 Å². The molecule has 4 heteroatoms. The first-order valence-corrected chi connectivity index (χ1v) is 7.66. The Kier molecular flexibility index (Phi) is 6.31. The van der Waals surface area contributed by atoms with E-state index in [-0.39, 0.29) is 11.5 Å². The Morgan fingerprint density at radius 1 is 1.37 bits per heavy atom. The van der Waals surface area contributed by atoms with Gasteiger partial charge in [-0.2, -0.15) is 0 Å². The molecule has 2 atom stereocenters. The molecule has 0 aliphatic heterocycles. The highest BCUT2D eigenvalue weighted by Gasteiger charge is 2.32. The van der Waals surface area contributed by atoms with E-state index in [1.54, 1.807) is 0 Å². The van der Waals surface area contributed by atoms with Crippen LogP contribution < -0.4 is 0 Å². The zero-order valence-corrected chi connectivity index (χ0v) is 14.3. The predicted octanol–water partition coefficient (Wildman–Crippen LogP) is 4.46. The van der Waals surface area contributed by atoms with E-state index < -0.39 is 6.10 Å². The molecule has 0 bridgehead atoms. The predicted molar refractivity (Wildman–Crippen MR) is 83.7 cm³/mol. The molecule has 0 saturated heterocycles. The van der Waals surface area contributed by atoms with Crippen LogP contribution in [0.15, 0.2) is 22.7 Å². The van der Waals surface area contributed by atoms with Gasteiger partial charge in [0, 0.05) is 22.5 Å². The number of hydrogen-bond acceptors (Lipinski definition) is 2. The van der Waals surface area contributed by atoms with Crippen LogP contribution in [0.1, 0.15) is 33.3 Å². The van der Waals surface area contributed by atoms with E-state index in [1.807, 2.05) is 25.1 Å². The molecule has 0 amide bonds. The van der Waals surface area contributed by atoms with Crippen molar-refractivity contribution in [3.05, 3.63) is 33.3 Å². The van der Waals surface area contributed by atoms with Crippen molar-refractivity contribution in [3.63, 3.8) is 0 Å². The number of halogens is 2. The Hall–Kier alpha value is -0.0900. The van der Waals surface area contributed by atoms with Crippen molar-refractivity contribution in [2.45, 2.75) is 46.3 Å². The van der Waals surface area contributed by atoms with E-state index >= 15 is 0 Å². The van der Waals surface area contributed by atoms with Gasteiger partial charge >= 0.3 is 0 Å². The molecular weight excluding hydrogens is 328 g/mol.